The molecule has 134 valence electrons. The van der Waals surface area contributed by atoms with Crippen LogP contribution in [0.15, 0.2) is 48.7 Å². The van der Waals surface area contributed by atoms with Gasteiger partial charge in [0.25, 0.3) is 5.16 Å². The number of sulfone groups is 1. The molecule has 3 aromatic heterocycles. The van der Waals surface area contributed by atoms with Gasteiger partial charge in [-0.1, -0.05) is 29.3 Å². The average molecular weight is 411 g/mol. The van der Waals surface area contributed by atoms with Gasteiger partial charge in [-0.05, 0) is 6.07 Å². The van der Waals surface area contributed by atoms with E-state index in [1.54, 1.807) is 0 Å². The molecule has 26 heavy (non-hydrogen) atoms. The number of hydrogen-bond acceptors (Lipinski definition) is 7. The van der Waals surface area contributed by atoms with E-state index in [-0.39, 0.29) is 28.2 Å². The molecule has 0 aliphatic rings. The Morgan fingerprint density at radius 3 is 2.62 bits per heavy atom. The van der Waals surface area contributed by atoms with E-state index in [4.69, 9.17) is 23.2 Å². The molecule has 0 radical (unpaired) electrons. The molecule has 0 saturated carbocycles. The summed E-state index contributed by atoms with van der Waals surface area (Å²) in [5, 5.41) is 8.04. The topological polar surface area (TPSA) is 104 Å². The molecule has 3 aromatic rings. The second kappa shape index (κ2) is 7.48. The van der Waals surface area contributed by atoms with Crippen LogP contribution in [0.5, 0.6) is 0 Å². The molecule has 3 heterocycles. The Kier molecular flexibility index (Phi) is 5.30. The first kappa shape index (κ1) is 18.4. The van der Waals surface area contributed by atoms with Gasteiger partial charge >= 0.3 is 0 Å². The minimum atomic E-state index is -3.89. The molecular weight excluding hydrogens is 399 g/mol. The van der Waals surface area contributed by atoms with Crippen LogP contribution in [-0.4, -0.2) is 38.1 Å². The summed E-state index contributed by atoms with van der Waals surface area (Å²) in [6.07, 6.45) is 7.32. The van der Waals surface area contributed by atoms with Gasteiger partial charge in [0.1, 0.15) is 11.4 Å². The van der Waals surface area contributed by atoms with Crippen LogP contribution in [0.2, 0.25) is 10.0 Å². The van der Waals surface area contributed by atoms with Crippen molar-refractivity contribution in [1.29, 1.82) is 0 Å². The van der Waals surface area contributed by atoms with E-state index in [9.17, 15) is 8.42 Å². The lowest BCUT2D eigenvalue weighted by Crippen LogP contribution is -2.14. The van der Waals surface area contributed by atoms with Crippen molar-refractivity contribution >= 4 is 33.0 Å². The van der Waals surface area contributed by atoms with E-state index < -0.39 is 15.6 Å². The predicted molar refractivity (Wildman–Crippen MR) is 96.4 cm³/mol. The third kappa shape index (κ3) is 3.74. The summed E-state index contributed by atoms with van der Waals surface area (Å²) in [5.41, 5.74) is 0.566. The summed E-state index contributed by atoms with van der Waals surface area (Å²) in [6.45, 7) is 3.82. The van der Waals surface area contributed by atoms with Crippen molar-refractivity contribution in [3.63, 3.8) is 0 Å². The van der Waals surface area contributed by atoms with Gasteiger partial charge in [0, 0.05) is 25.1 Å². The minimum absolute atomic E-state index is 0.157. The van der Waals surface area contributed by atoms with E-state index in [0.717, 1.165) is 0 Å². The number of rotatable bonds is 6. The molecule has 0 aromatic carbocycles. The Balaban J connectivity index is 2.05. The van der Waals surface area contributed by atoms with Crippen molar-refractivity contribution in [2.24, 2.45) is 0 Å². The highest BCUT2D eigenvalue weighted by Crippen LogP contribution is 2.24. The molecule has 0 atom stereocenters. The van der Waals surface area contributed by atoms with Crippen LogP contribution in [0.3, 0.4) is 0 Å². The zero-order chi connectivity index (χ0) is 18.7. The third-order valence-corrected chi connectivity index (χ3v) is 5.36. The second-order valence-electron chi connectivity index (χ2n) is 5.14. The highest BCUT2D eigenvalue weighted by molar-refractivity contribution is 7.90. The predicted octanol–water partition coefficient (Wildman–Crippen LogP) is 2.60. The molecule has 0 aliphatic heterocycles. The van der Waals surface area contributed by atoms with Crippen molar-refractivity contribution in [2.45, 2.75) is 17.5 Å². The average Bonchev–Trinajstić information content (AvgIpc) is 3.03. The van der Waals surface area contributed by atoms with Gasteiger partial charge in [-0.2, -0.15) is 0 Å². The normalized spacial score (nSPS) is 11.5. The number of pyridine rings is 1. The van der Waals surface area contributed by atoms with Crippen molar-refractivity contribution in [1.82, 2.24) is 29.7 Å². The van der Waals surface area contributed by atoms with E-state index in [1.165, 1.54) is 41.5 Å². The van der Waals surface area contributed by atoms with Gasteiger partial charge in [-0.3, -0.25) is 14.5 Å². The largest absolute Gasteiger partial charge is 0.293 e. The van der Waals surface area contributed by atoms with Crippen LogP contribution in [0.1, 0.15) is 5.69 Å². The molecule has 0 amide bonds. The van der Waals surface area contributed by atoms with Crippen molar-refractivity contribution in [3.8, 4) is 11.5 Å². The van der Waals surface area contributed by atoms with Gasteiger partial charge < -0.3 is 0 Å². The number of halogens is 2. The molecule has 0 bridgehead atoms. The summed E-state index contributed by atoms with van der Waals surface area (Å²) in [6, 6.07) is 1.43. The van der Waals surface area contributed by atoms with Crippen LogP contribution < -0.4 is 0 Å². The van der Waals surface area contributed by atoms with E-state index >= 15 is 0 Å². The minimum Gasteiger partial charge on any atom is -0.293 e. The fourth-order valence-electron chi connectivity index (χ4n) is 2.21. The first-order chi connectivity index (χ1) is 12.4. The van der Waals surface area contributed by atoms with Gasteiger partial charge in [0.2, 0.25) is 9.84 Å². The number of aromatic nitrogens is 6. The Morgan fingerprint density at radius 1 is 1.15 bits per heavy atom. The lowest BCUT2D eigenvalue weighted by Gasteiger charge is -2.08. The highest BCUT2D eigenvalue weighted by atomic mass is 35.5. The van der Waals surface area contributed by atoms with Crippen molar-refractivity contribution < 1.29 is 8.42 Å². The lowest BCUT2D eigenvalue weighted by molar-refractivity contribution is 0.572. The van der Waals surface area contributed by atoms with Crippen molar-refractivity contribution in [2.75, 3.05) is 0 Å². The Hall–Kier alpha value is -2.36. The maximum Gasteiger partial charge on any atom is 0.250 e. The quantitative estimate of drug-likeness (QED) is 0.575. The molecule has 8 nitrogen and oxygen atoms in total. The third-order valence-electron chi connectivity index (χ3n) is 3.31. The summed E-state index contributed by atoms with van der Waals surface area (Å²) < 4.78 is 27.1. The van der Waals surface area contributed by atoms with Gasteiger partial charge in [0.05, 0.1) is 21.9 Å². The van der Waals surface area contributed by atoms with E-state index in [1.807, 2.05) is 0 Å². The van der Waals surface area contributed by atoms with Gasteiger partial charge in [-0.15, -0.1) is 16.8 Å². The molecule has 0 saturated heterocycles. The fourth-order valence-corrected chi connectivity index (χ4v) is 4.12. The SMILES string of the molecule is C=CCn1c(-c2cnccn2)nnc1S(=O)(=O)Cc1ncc(Cl)cc1Cl. The summed E-state index contributed by atoms with van der Waals surface area (Å²) >= 11 is 11.8. The van der Waals surface area contributed by atoms with Crippen LogP contribution in [0.25, 0.3) is 11.5 Å². The highest BCUT2D eigenvalue weighted by Gasteiger charge is 2.27. The Bertz CT molecular complexity index is 1050. The zero-order valence-corrected chi connectivity index (χ0v) is 15.6. The summed E-state index contributed by atoms with van der Waals surface area (Å²) in [5.74, 6) is -0.176. The summed E-state index contributed by atoms with van der Waals surface area (Å²) in [7, 11) is -3.89. The Labute approximate surface area is 159 Å². The van der Waals surface area contributed by atoms with Crippen LogP contribution in [-0.2, 0) is 22.1 Å². The zero-order valence-electron chi connectivity index (χ0n) is 13.2. The molecule has 3 rings (SSSR count). The number of nitrogens with zero attached hydrogens (tertiary/aromatic N) is 6. The monoisotopic (exact) mass is 410 g/mol. The van der Waals surface area contributed by atoms with Crippen molar-refractivity contribution in [3.05, 3.63) is 59.2 Å². The smallest absolute Gasteiger partial charge is 0.250 e. The lowest BCUT2D eigenvalue weighted by atomic mass is 10.4. The van der Waals surface area contributed by atoms with Gasteiger partial charge in [-0.25, -0.2) is 13.4 Å². The molecular formula is C15H12Cl2N6O2S. The maximum absolute atomic E-state index is 12.9. The fraction of sp³-hybridized carbons (Fsp3) is 0.133. The van der Waals surface area contributed by atoms with Gasteiger partial charge in [0.15, 0.2) is 5.82 Å². The maximum atomic E-state index is 12.9. The summed E-state index contributed by atoms with van der Waals surface area (Å²) in [4.78, 5) is 12.1. The van der Waals surface area contributed by atoms with E-state index in [2.05, 4.69) is 31.7 Å². The number of hydrogen-bond donors (Lipinski definition) is 0. The standard InChI is InChI=1S/C15H12Cl2N6O2S/c1-2-5-23-14(12-8-18-3-4-19-12)21-22-15(23)26(24,25)9-13-11(17)6-10(16)7-20-13/h2-4,6-8H,1,5,9H2. The van der Waals surface area contributed by atoms with Crippen LogP contribution >= 0.6 is 23.2 Å². The molecule has 0 fully saturated rings. The molecule has 0 aliphatic carbocycles. The first-order valence-electron chi connectivity index (χ1n) is 7.25. The first-order valence-corrected chi connectivity index (χ1v) is 9.66. The Morgan fingerprint density at radius 2 is 1.96 bits per heavy atom. The number of allylic oxidation sites excluding steroid dienone is 1. The molecule has 0 spiro atoms. The van der Waals surface area contributed by atoms with Crippen LogP contribution in [0.4, 0.5) is 0 Å². The molecule has 0 unspecified atom stereocenters. The molecule has 0 N–H and O–H groups in total. The second-order valence-corrected chi connectivity index (χ2v) is 7.86. The van der Waals surface area contributed by atoms with Crippen LogP contribution in [0, 0.1) is 0 Å². The molecule has 11 heteroatoms. The van der Waals surface area contributed by atoms with E-state index in [0.29, 0.717) is 10.7 Å².